The Kier molecular flexibility index (Phi) is 5.37. The molecule has 26 heavy (non-hydrogen) atoms. The first-order chi connectivity index (χ1) is 12.1. The fourth-order valence-corrected chi connectivity index (χ4v) is 4.81. The maximum atomic E-state index is 12.3. The number of carbonyl (C=O) groups excluding carboxylic acids is 1. The molecule has 2 aliphatic rings. The summed E-state index contributed by atoms with van der Waals surface area (Å²) in [5.41, 5.74) is -0.133. The minimum atomic E-state index is -0.805. The lowest BCUT2D eigenvalue weighted by Crippen LogP contribution is -2.47. The van der Waals surface area contributed by atoms with Crippen molar-refractivity contribution in [2.24, 2.45) is 5.41 Å². The van der Waals surface area contributed by atoms with Gasteiger partial charge in [-0.2, -0.15) is 0 Å². The average molecular weight is 425 g/mol. The van der Waals surface area contributed by atoms with Crippen molar-refractivity contribution >= 4 is 22.0 Å². The molecule has 2 heterocycles. The lowest BCUT2D eigenvalue weighted by atomic mass is 9.63. The van der Waals surface area contributed by atoms with Gasteiger partial charge in [-0.1, -0.05) is 6.07 Å². The summed E-state index contributed by atoms with van der Waals surface area (Å²) in [5, 5.41) is 11.2. The van der Waals surface area contributed by atoms with E-state index in [1.54, 1.807) is 6.20 Å². The van der Waals surface area contributed by atoms with E-state index in [0.717, 1.165) is 61.8 Å². The summed E-state index contributed by atoms with van der Waals surface area (Å²) in [7, 11) is 0. The second-order valence-electron chi connectivity index (χ2n) is 8.84. The van der Waals surface area contributed by atoms with Gasteiger partial charge in [-0.15, -0.1) is 0 Å². The zero-order valence-electron chi connectivity index (χ0n) is 15.9. The van der Waals surface area contributed by atoms with Gasteiger partial charge in [-0.25, -0.2) is 9.78 Å². The molecule has 1 saturated heterocycles. The Morgan fingerprint density at radius 1 is 1.19 bits per heavy atom. The van der Waals surface area contributed by atoms with E-state index in [9.17, 15) is 9.90 Å². The van der Waals surface area contributed by atoms with Crippen LogP contribution < -0.4 is 0 Å². The van der Waals surface area contributed by atoms with Crippen molar-refractivity contribution in [2.45, 2.75) is 70.5 Å². The number of hydrogen-bond donors (Lipinski definition) is 1. The average Bonchev–Trinajstić information content (AvgIpc) is 2.57. The number of piperidine rings is 1. The molecule has 1 aromatic rings. The predicted octanol–water partition coefficient (Wildman–Crippen LogP) is 4.62. The van der Waals surface area contributed by atoms with Crippen LogP contribution in [-0.4, -0.2) is 39.8 Å². The lowest BCUT2D eigenvalue weighted by Gasteiger charge is -2.48. The fourth-order valence-electron chi connectivity index (χ4n) is 4.19. The van der Waals surface area contributed by atoms with Crippen LogP contribution in [0, 0.1) is 5.41 Å². The Bertz CT molecular complexity index is 653. The van der Waals surface area contributed by atoms with Crippen molar-refractivity contribution in [1.29, 1.82) is 0 Å². The third-order valence-corrected chi connectivity index (χ3v) is 6.51. The molecule has 1 aliphatic heterocycles. The van der Waals surface area contributed by atoms with Crippen molar-refractivity contribution in [3.05, 3.63) is 28.5 Å². The lowest BCUT2D eigenvalue weighted by molar-refractivity contribution is -0.0588. The van der Waals surface area contributed by atoms with Crippen LogP contribution in [0.1, 0.15) is 64.9 Å². The van der Waals surface area contributed by atoms with Crippen LogP contribution in [0.5, 0.6) is 0 Å². The molecule has 0 bridgehead atoms. The molecule has 0 unspecified atom stereocenters. The van der Waals surface area contributed by atoms with Crippen molar-refractivity contribution < 1.29 is 14.6 Å². The molecule has 3 rings (SSSR count). The summed E-state index contributed by atoms with van der Waals surface area (Å²) in [5.74, 6) is 0. The van der Waals surface area contributed by atoms with Gasteiger partial charge in [0.05, 0.1) is 5.60 Å². The number of amides is 1. The molecule has 1 amide bonds. The zero-order chi connectivity index (χ0) is 19.0. The first-order valence-corrected chi connectivity index (χ1v) is 10.2. The molecule has 2 fully saturated rings. The summed E-state index contributed by atoms with van der Waals surface area (Å²) in [4.78, 5) is 18.4. The highest BCUT2D eigenvalue weighted by atomic mass is 79.9. The summed E-state index contributed by atoms with van der Waals surface area (Å²) >= 11 is 3.47. The molecule has 144 valence electrons. The molecule has 1 aliphatic carbocycles. The first-order valence-electron chi connectivity index (χ1n) is 9.44. The Labute approximate surface area is 164 Å². The highest BCUT2D eigenvalue weighted by Gasteiger charge is 2.45. The Morgan fingerprint density at radius 3 is 2.35 bits per heavy atom. The SMILES string of the molecule is CC(C)(C)OC(=O)N1CCC2(CC1)CCC(O)(c1cccnc1Br)CC2. The summed E-state index contributed by atoms with van der Waals surface area (Å²) in [6.45, 7) is 7.17. The van der Waals surface area contributed by atoms with Crippen LogP contribution in [0.25, 0.3) is 0 Å². The maximum Gasteiger partial charge on any atom is 0.410 e. The summed E-state index contributed by atoms with van der Waals surface area (Å²) in [6.07, 6.45) is 6.92. The molecule has 0 radical (unpaired) electrons. The minimum Gasteiger partial charge on any atom is -0.444 e. The Balaban J connectivity index is 1.59. The van der Waals surface area contributed by atoms with Gasteiger partial charge in [0, 0.05) is 24.8 Å². The Hall–Kier alpha value is -1.14. The molecular formula is C20H29BrN2O3. The van der Waals surface area contributed by atoms with Crippen molar-refractivity contribution in [1.82, 2.24) is 9.88 Å². The third kappa shape index (κ3) is 4.22. The van der Waals surface area contributed by atoms with Crippen LogP contribution in [0.4, 0.5) is 4.79 Å². The number of pyridine rings is 1. The molecule has 1 N–H and O–H groups in total. The minimum absolute atomic E-state index is 0.209. The topological polar surface area (TPSA) is 62.7 Å². The van der Waals surface area contributed by atoms with Gasteiger partial charge < -0.3 is 14.7 Å². The van der Waals surface area contributed by atoms with E-state index in [1.165, 1.54) is 0 Å². The maximum absolute atomic E-state index is 12.3. The van der Waals surface area contributed by atoms with Gasteiger partial charge in [0.15, 0.2) is 0 Å². The predicted molar refractivity (Wildman–Crippen MR) is 104 cm³/mol. The molecule has 1 saturated carbocycles. The zero-order valence-corrected chi connectivity index (χ0v) is 17.5. The van der Waals surface area contributed by atoms with Crippen molar-refractivity contribution in [3.63, 3.8) is 0 Å². The molecule has 5 nitrogen and oxygen atoms in total. The standard InChI is InChI=1S/C20H29BrN2O3/c1-18(2,3)26-17(24)23-13-10-19(11-14-23)6-8-20(25,9-7-19)15-5-4-12-22-16(15)21/h4-5,12,25H,6-11,13-14H2,1-3H3. The molecular weight excluding hydrogens is 396 g/mol. The Morgan fingerprint density at radius 2 is 1.81 bits per heavy atom. The van der Waals surface area contributed by atoms with E-state index in [-0.39, 0.29) is 11.5 Å². The number of halogens is 1. The molecule has 0 aromatic carbocycles. The number of aromatic nitrogens is 1. The van der Waals surface area contributed by atoms with Crippen molar-refractivity contribution in [2.75, 3.05) is 13.1 Å². The second-order valence-corrected chi connectivity index (χ2v) is 9.59. The van der Waals surface area contributed by atoms with Gasteiger partial charge >= 0.3 is 6.09 Å². The fraction of sp³-hybridized carbons (Fsp3) is 0.700. The number of carbonyl (C=O) groups is 1. The van der Waals surface area contributed by atoms with E-state index < -0.39 is 11.2 Å². The van der Waals surface area contributed by atoms with Crippen LogP contribution in [0.2, 0.25) is 0 Å². The number of nitrogens with zero attached hydrogens (tertiary/aromatic N) is 2. The van der Waals surface area contributed by atoms with E-state index in [2.05, 4.69) is 20.9 Å². The monoisotopic (exact) mass is 424 g/mol. The van der Waals surface area contributed by atoms with Gasteiger partial charge in [0.1, 0.15) is 10.2 Å². The highest BCUT2D eigenvalue weighted by Crippen LogP contribution is 2.51. The number of ether oxygens (including phenoxy) is 1. The van der Waals surface area contributed by atoms with Crippen LogP contribution in [-0.2, 0) is 10.3 Å². The molecule has 1 aromatic heterocycles. The van der Waals surface area contributed by atoms with E-state index in [4.69, 9.17) is 4.74 Å². The van der Waals surface area contributed by atoms with Crippen LogP contribution in [0.15, 0.2) is 22.9 Å². The quantitative estimate of drug-likeness (QED) is 0.667. The van der Waals surface area contributed by atoms with Gasteiger partial charge in [-0.05, 0) is 86.7 Å². The second kappa shape index (κ2) is 7.12. The van der Waals surface area contributed by atoms with Gasteiger partial charge in [0.25, 0.3) is 0 Å². The van der Waals surface area contributed by atoms with Crippen LogP contribution >= 0.6 is 15.9 Å². The van der Waals surface area contributed by atoms with E-state index in [1.807, 2.05) is 37.8 Å². The number of rotatable bonds is 1. The number of likely N-dealkylation sites (tertiary alicyclic amines) is 1. The number of aliphatic hydroxyl groups is 1. The van der Waals surface area contributed by atoms with Crippen LogP contribution in [0.3, 0.4) is 0 Å². The third-order valence-electron chi connectivity index (χ3n) is 5.87. The first kappa shape index (κ1) is 19.6. The molecule has 6 heteroatoms. The van der Waals surface area contributed by atoms with Gasteiger partial charge in [-0.3, -0.25) is 0 Å². The summed E-state index contributed by atoms with van der Waals surface area (Å²) in [6, 6.07) is 3.84. The largest absolute Gasteiger partial charge is 0.444 e. The summed E-state index contributed by atoms with van der Waals surface area (Å²) < 4.78 is 6.23. The van der Waals surface area contributed by atoms with E-state index >= 15 is 0 Å². The smallest absolute Gasteiger partial charge is 0.410 e. The molecule has 0 atom stereocenters. The number of hydrogen-bond acceptors (Lipinski definition) is 4. The molecule has 1 spiro atoms. The van der Waals surface area contributed by atoms with E-state index in [0.29, 0.717) is 0 Å². The van der Waals surface area contributed by atoms with Gasteiger partial charge in [0.2, 0.25) is 0 Å². The normalized spacial score (nSPS) is 22.3. The highest BCUT2D eigenvalue weighted by molar-refractivity contribution is 9.10. The van der Waals surface area contributed by atoms with Crippen molar-refractivity contribution in [3.8, 4) is 0 Å².